The monoisotopic (exact) mass is 208 g/mol. The molecule has 0 bridgehead atoms. The molecule has 0 aliphatic heterocycles. The second kappa shape index (κ2) is 4.75. The fourth-order valence-electron chi connectivity index (χ4n) is 2.34. The summed E-state index contributed by atoms with van der Waals surface area (Å²) in [7, 11) is 1.90. The number of hydrogen-bond acceptors (Lipinski definition) is 3. The van der Waals surface area contributed by atoms with Crippen LogP contribution < -0.4 is 5.32 Å². The van der Waals surface area contributed by atoms with Gasteiger partial charge < -0.3 is 5.32 Å². The van der Waals surface area contributed by atoms with E-state index in [0.29, 0.717) is 6.04 Å². The van der Waals surface area contributed by atoms with E-state index in [4.69, 9.17) is 0 Å². The number of nitrogens with zero attached hydrogens (tertiary/aromatic N) is 3. The lowest BCUT2D eigenvalue weighted by Gasteiger charge is -2.19. The van der Waals surface area contributed by atoms with E-state index in [1.54, 1.807) is 11.0 Å². The van der Waals surface area contributed by atoms with Gasteiger partial charge in [0.05, 0.1) is 6.54 Å². The molecule has 1 unspecified atom stereocenters. The Morgan fingerprint density at radius 3 is 2.87 bits per heavy atom. The molecule has 1 saturated carbocycles. The van der Waals surface area contributed by atoms with Crippen molar-refractivity contribution in [2.75, 3.05) is 0 Å². The zero-order chi connectivity index (χ0) is 10.7. The van der Waals surface area contributed by atoms with Crippen molar-refractivity contribution in [1.82, 2.24) is 20.1 Å². The van der Waals surface area contributed by atoms with E-state index in [-0.39, 0.29) is 0 Å². The number of aromatic nitrogens is 3. The lowest BCUT2D eigenvalue weighted by Crippen LogP contribution is -2.32. The largest absolute Gasteiger partial charge is 0.307 e. The lowest BCUT2D eigenvalue weighted by molar-refractivity contribution is 0.377. The summed E-state index contributed by atoms with van der Waals surface area (Å²) in [6, 6.07) is 0.594. The molecule has 1 aromatic rings. The molecule has 0 amide bonds. The minimum atomic E-state index is 0.594. The van der Waals surface area contributed by atoms with Crippen LogP contribution in [0.4, 0.5) is 0 Å². The first-order valence-electron chi connectivity index (χ1n) is 5.83. The molecule has 1 atom stereocenters. The number of aryl methyl sites for hydroxylation is 1. The molecule has 84 valence electrons. The highest BCUT2D eigenvalue weighted by Crippen LogP contribution is 2.27. The Labute approximate surface area is 91.1 Å². The Hall–Kier alpha value is -0.900. The molecule has 0 saturated heterocycles. The molecule has 15 heavy (non-hydrogen) atoms. The van der Waals surface area contributed by atoms with E-state index in [0.717, 1.165) is 18.3 Å². The predicted molar refractivity (Wildman–Crippen MR) is 59.3 cm³/mol. The second-order valence-corrected chi connectivity index (χ2v) is 4.55. The highest BCUT2D eigenvalue weighted by Gasteiger charge is 2.21. The van der Waals surface area contributed by atoms with Crippen molar-refractivity contribution in [2.45, 2.75) is 45.2 Å². The molecule has 1 aromatic heterocycles. The Bertz CT molecular complexity index is 301. The van der Waals surface area contributed by atoms with Crippen LogP contribution >= 0.6 is 0 Å². The normalized spacial score (nSPS) is 19.6. The fourth-order valence-corrected chi connectivity index (χ4v) is 2.34. The van der Waals surface area contributed by atoms with Gasteiger partial charge in [-0.15, -0.1) is 0 Å². The maximum Gasteiger partial charge on any atom is 0.164 e. The first-order chi connectivity index (χ1) is 7.25. The third-order valence-corrected chi connectivity index (χ3v) is 3.34. The molecule has 4 heteroatoms. The minimum absolute atomic E-state index is 0.594. The molecular weight excluding hydrogens is 188 g/mol. The van der Waals surface area contributed by atoms with Crippen LogP contribution in [0.2, 0.25) is 0 Å². The van der Waals surface area contributed by atoms with Gasteiger partial charge in [0.1, 0.15) is 6.33 Å². The van der Waals surface area contributed by atoms with Crippen LogP contribution in [0.25, 0.3) is 0 Å². The van der Waals surface area contributed by atoms with Crippen molar-refractivity contribution >= 4 is 0 Å². The van der Waals surface area contributed by atoms with Crippen molar-refractivity contribution in [3.63, 3.8) is 0 Å². The summed E-state index contributed by atoms with van der Waals surface area (Å²) in [5.74, 6) is 1.75. The Morgan fingerprint density at radius 2 is 2.27 bits per heavy atom. The van der Waals surface area contributed by atoms with Crippen LogP contribution in [0.3, 0.4) is 0 Å². The van der Waals surface area contributed by atoms with Crippen LogP contribution in [0.1, 0.15) is 38.4 Å². The van der Waals surface area contributed by atoms with E-state index >= 15 is 0 Å². The molecule has 0 radical (unpaired) electrons. The first-order valence-corrected chi connectivity index (χ1v) is 5.83. The highest BCUT2D eigenvalue weighted by molar-refractivity contribution is 4.83. The van der Waals surface area contributed by atoms with Crippen LogP contribution in [-0.2, 0) is 13.6 Å². The van der Waals surface area contributed by atoms with Gasteiger partial charge in [-0.3, -0.25) is 4.68 Å². The second-order valence-electron chi connectivity index (χ2n) is 4.55. The summed E-state index contributed by atoms with van der Waals surface area (Å²) in [4.78, 5) is 4.20. The Morgan fingerprint density at radius 1 is 1.53 bits per heavy atom. The molecule has 1 aliphatic rings. The molecule has 2 rings (SSSR count). The van der Waals surface area contributed by atoms with Crippen molar-refractivity contribution in [3.8, 4) is 0 Å². The van der Waals surface area contributed by atoms with Gasteiger partial charge in [0.15, 0.2) is 5.82 Å². The minimum Gasteiger partial charge on any atom is -0.307 e. The number of hydrogen-bond donors (Lipinski definition) is 1. The summed E-state index contributed by atoms with van der Waals surface area (Å²) < 4.78 is 1.75. The van der Waals surface area contributed by atoms with E-state index < -0.39 is 0 Å². The van der Waals surface area contributed by atoms with Gasteiger partial charge in [-0.05, 0) is 25.7 Å². The van der Waals surface area contributed by atoms with Crippen LogP contribution in [0.15, 0.2) is 6.33 Å². The fraction of sp³-hybridized carbons (Fsp3) is 0.818. The van der Waals surface area contributed by atoms with Crippen molar-refractivity contribution in [1.29, 1.82) is 0 Å². The molecule has 0 aromatic carbocycles. The number of rotatable bonds is 4. The van der Waals surface area contributed by atoms with Crippen LogP contribution in [0.5, 0.6) is 0 Å². The van der Waals surface area contributed by atoms with Crippen molar-refractivity contribution in [3.05, 3.63) is 12.2 Å². The maximum atomic E-state index is 4.25. The standard InChI is InChI=1S/C11H20N4/c1-9(10-5-3-4-6-10)12-7-11-13-8-15(2)14-11/h8-10,12H,3-7H2,1-2H3. The summed E-state index contributed by atoms with van der Waals surface area (Å²) in [5.41, 5.74) is 0. The van der Waals surface area contributed by atoms with Crippen LogP contribution in [-0.4, -0.2) is 20.8 Å². The van der Waals surface area contributed by atoms with Gasteiger partial charge in [0.25, 0.3) is 0 Å². The molecular formula is C11H20N4. The summed E-state index contributed by atoms with van der Waals surface area (Å²) in [5, 5.41) is 7.77. The van der Waals surface area contributed by atoms with E-state index in [1.165, 1.54) is 25.7 Å². The van der Waals surface area contributed by atoms with Gasteiger partial charge in [-0.1, -0.05) is 12.8 Å². The van der Waals surface area contributed by atoms with Crippen LogP contribution in [0, 0.1) is 5.92 Å². The summed E-state index contributed by atoms with van der Waals surface area (Å²) in [6.07, 6.45) is 7.31. The average molecular weight is 208 g/mol. The molecule has 1 heterocycles. The summed E-state index contributed by atoms with van der Waals surface area (Å²) >= 11 is 0. The van der Waals surface area contributed by atoms with E-state index in [1.807, 2.05) is 7.05 Å². The van der Waals surface area contributed by atoms with Gasteiger partial charge in [-0.25, -0.2) is 4.98 Å². The highest BCUT2D eigenvalue weighted by atomic mass is 15.3. The SMILES string of the molecule is CC(NCc1ncn(C)n1)C1CCCC1. The third kappa shape index (κ3) is 2.78. The Balaban J connectivity index is 1.77. The Kier molecular flexibility index (Phi) is 3.36. The smallest absolute Gasteiger partial charge is 0.164 e. The maximum absolute atomic E-state index is 4.25. The zero-order valence-corrected chi connectivity index (χ0v) is 9.61. The third-order valence-electron chi connectivity index (χ3n) is 3.34. The van der Waals surface area contributed by atoms with Gasteiger partial charge in [-0.2, -0.15) is 5.10 Å². The summed E-state index contributed by atoms with van der Waals surface area (Å²) in [6.45, 7) is 3.07. The molecule has 1 fully saturated rings. The van der Waals surface area contributed by atoms with Crippen molar-refractivity contribution in [2.24, 2.45) is 13.0 Å². The predicted octanol–water partition coefficient (Wildman–Crippen LogP) is 1.48. The molecule has 0 spiro atoms. The average Bonchev–Trinajstić information content (AvgIpc) is 2.84. The van der Waals surface area contributed by atoms with Crippen molar-refractivity contribution < 1.29 is 0 Å². The lowest BCUT2D eigenvalue weighted by atomic mass is 10.00. The first kappa shape index (κ1) is 10.6. The number of nitrogens with one attached hydrogen (secondary N) is 1. The topological polar surface area (TPSA) is 42.7 Å². The molecule has 1 aliphatic carbocycles. The quantitative estimate of drug-likeness (QED) is 0.815. The zero-order valence-electron chi connectivity index (χ0n) is 9.61. The van der Waals surface area contributed by atoms with Gasteiger partial charge in [0.2, 0.25) is 0 Å². The van der Waals surface area contributed by atoms with E-state index in [2.05, 4.69) is 22.3 Å². The molecule has 4 nitrogen and oxygen atoms in total. The van der Waals surface area contributed by atoms with Gasteiger partial charge in [0, 0.05) is 13.1 Å². The van der Waals surface area contributed by atoms with E-state index in [9.17, 15) is 0 Å². The molecule has 1 N–H and O–H groups in total. The van der Waals surface area contributed by atoms with Gasteiger partial charge >= 0.3 is 0 Å².